The van der Waals surface area contributed by atoms with Gasteiger partial charge in [-0.3, -0.25) is 0 Å². The van der Waals surface area contributed by atoms with Crippen LogP contribution in [0.4, 0.5) is 0 Å². The molecular weight excluding hydrogens is 186 g/mol. The Morgan fingerprint density at radius 1 is 1.20 bits per heavy atom. The van der Waals surface area contributed by atoms with Crippen molar-refractivity contribution >= 4 is 5.71 Å². The van der Waals surface area contributed by atoms with E-state index in [1.807, 2.05) is 0 Å². The van der Waals surface area contributed by atoms with Gasteiger partial charge in [0.15, 0.2) is 0 Å². The first-order valence-corrected chi connectivity index (χ1v) is 6.22. The van der Waals surface area contributed by atoms with E-state index >= 15 is 0 Å². The summed E-state index contributed by atoms with van der Waals surface area (Å²) >= 11 is 0. The van der Waals surface area contributed by atoms with Crippen LogP contribution in [0.5, 0.6) is 0 Å². The molecule has 1 aliphatic rings. The van der Waals surface area contributed by atoms with Gasteiger partial charge >= 0.3 is 0 Å². The fourth-order valence-electron chi connectivity index (χ4n) is 2.41. The lowest BCUT2D eigenvalue weighted by Gasteiger charge is -2.35. The molecule has 0 atom stereocenters. The maximum absolute atomic E-state index is 9.25. The smallest absolute Gasteiger partial charge is 0.0660 e. The van der Waals surface area contributed by atoms with Gasteiger partial charge in [0.05, 0.1) is 5.71 Å². The highest BCUT2D eigenvalue weighted by atomic mass is 16.4. The van der Waals surface area contributed by atoms with E-state index in [1.54, 1.807) is 0 Å². The SMILES string of the molecule is CC(C)C(C)(C)/C(=N/O)C1CCCCC1. The molecule has 0 aliphatic heterocycles. The second kappa shape index (κ2) is 5.00. The number of hydrogen-bond acceptors (Lipinski definition) is 2. The number of hydrogen-bond donors (Lipinski definition) is 1. The summed E-state index contributed by atoms with van der Waals surface area (Å²) in [6.45, 7) is 8.80. The van der Waals surface area contributed by atoms with Crippen molar-refractivity contribution in [2.24, 2.45) is 22.4 Å². The number of rotatable bonds is 3. The maximum atomic E-state index is 9.25. The highest BCUT2D eigenvalue weighted by molar-refractivity contribution is 5.91. The molecule has 1 aliphatic carbocycles. The molecule has 0 unspecified atom stereocenters. The minimum absolute atomic E-state index is 0.0246. The topological polar surface area (TPSA) is 32.6 Å². The van der Waals surface area contributed by atoms with Crippen molar-refractivity contribution < 1.29 is 5.21 Å². The summed E-state index contributed by atoms with van der Waals surface area (Å²) in [5, 5.41) is 12.9. The van der Waals surface area contributed by atoms with E-state index in [1.165, 1.54) is 32.1 Å². The third-order valence-corrected chi connectivity index (χ3v) is 4.20. The van der Waals surface area contributed by atoms with Crippen LogP contribution in [0.1, 0.15) is 59.8 Å². The van der Waals surface area contributed by atoms with Crippen LogP contribution in [-0.4, -0.2) is 10.9 Å². The molecule has 1 rings (SSSR count). The zero-order chi connectivity index (χ0) is 11.5. The second-order valence-electron chi connectivity index (χ2n) is 5.70. The highest BCUT2D eigenvalue weighted by Crippen LogP contribution is 2.36. The van der Waals surface area contributed by atoms with Crippen molar-refractivity contribution in [1.29, 1.82) is 0 Å². The molecule has 0 heterocycles. The summed E-state index contributed by atoms with van der Waals surface area (Å²) in [5.41, 5.74) is 1.05. The van der Waals surface area contributed by atoms with Gasteiger partial charge < -0.3 is 5.21 Å². The van der Waals surface area contributed by atoms with Gasteiger partial charge in [-0.15, -0.1) is 0 Å². The minimum Gasteiger partial charge on any atom is -0.411 e. The molecule has 0 radical (unpaired) electrons. The van der Waals surface area contributed by atoms with Gasteiger partial charge in [-0.05, 0) is 18.8 Å². The standard InChI is InChI=1S/C13H25NO/c1-10(2)13(3,4)12(14-15)11-8-6-5-7-9-11/h10-11,15H,5-9H2,1-4H3/b14-12+. The predicted molar refractivity (Wildman–Crippen MR) is 64.4 cm³/mol. The summed E-state index contributed by atoms with van der Waals surface area (Å²) in [6, 6.07) is 0. The number of oxime groups is 1. The van der Waals surface area contributed by atoms with Crippen molar-refractivity contribution in [1.82, 2.24) is 0 Å². The molecule has 0 spiro atoms. The zero-order valence-corrected chi connectivity index (χ0v) is 10.6. The molecule has 0 aromatic carbocycles. The molecule has 0 aromatic rings. The molecule has 1 saturated carbocycles. The van der Waals surface area contributed by atoms with Crippen LogP contribution in [0.2, 0.25) is 0 Å². The Balaban J connectivity index is 2.78. The Morgan fingerprint density at radius 3 is 2.13 bits per heavy atom. The van der Waals surface area contributed by atoms with Crippen LogP contribution in [0.3, 0.4) is 0 Å². The van der Waals surface area contributed by atoms with Gasteiger partial charge in [0.25, 0.3) is 0 Å². The fourth-order valence-corrected chi connectivity index (χ4v) is 2.41. The first-order valence-electron chi connectivity index (χ1n) is 6.22. The Hall–Kier alpha value is -0.530. The molecule has 2 nitrogen and oxygen atoms in total. The predicted octanol–water partition coefficient (Wildman–Crippen LogP) is 4.08. The molecule has 0 amide bonds. The third-order valence-electron chi connectivity index (χ3n) is 4.20. The quantitative estimate of drug-likeness (QED) is 0.426. The van der Waals surface area contributed by atoms with E-state index in [0.29, 0.717) is 11.8 Å². The molecule has 1 N–H and O–H groups in total. The first-order chi connectivity index (χ1) is 7.00. The largest absolute Gasteiger partial charge is 0.411 e. The van der Waals surface area contributed by atoms with E-state index in [9.17, 15) is 5.21 Å². The molecule has 2 heteroatoms. The van der Waals surface area contributed by atoms with Crippen molar-refractivity contribution in [2.75, 3.05) is 0 Å². The van der Waals surface area contributed by atoms with Gasteiger partial charge in [0.2, 0.25) is 0 Å². The van der Waals surface area contributed by atoms with E-state index in [-0.39, 0.29) is 5.41 Å². The van der Waals surface area contributed by atoms with Crippen LogP contribution in [0.15, 0.2) is 5.16 Å². The lowest BCUT2D eigenvalue weighted by atomic mass is 9.69. The van der Waals surface area contributed by atoms with E-state index in [0.717, 1.165) is 5.71 Å². The summed E-state index contributed by atoms with van der Waals surface area (Å²) in [6.07, 6.45) is 6.33. The van der Waals surface area contributed by atoms with E-state index in [2.05, 4.69) is 32.9 Å². The molecule has 0 aromatic heterocycles. The van der Waals surface area contributed by atoms with Gasteiger partial charge in [0, 0.05) is 11.3 Å². The van der Waals surface area contributed by atoms with Gasteiger partial charge in [-0.2, -0.15) is 0 Å². The minimum atomic E-state index is 0.0246. The molecule has 0 saturated heterocycles. The maximum Gasteiger partial charge on any atom is 0.0660 e. The Kier molecular flexibility index (Phi) is 4.18. The zero-order valence-electron chi connectivity index (χ0n) is 10.6. The molecular formula is C13H25NO. The third kappa shape index (κ3) is 2.73. The van der Waals surface area contributed by atoms with Crippen molar-refractivity contribution in [3.8, 4) is 0 Å². The monoisotopic (exact) mass is 211 g/mol. The van der Waals surface area contributed by atoms with Crippen LogP contribution in [0, 0.1) is 17.3 Å². The van der Waals surface area contributed by atoms with Crippen LogP contribution < -0.4 is 0 Å². The average molecular weight is 211 g/mol. The highest BCUT2D eigenvalue weighted by Gasteiger charge is 2.35. The molecule has 1 fully saturated rings. The van der Waals surface area contributed by atoms with Crippen molar-refractivity contribution in [3.63, 3.8) is 0 Å². The normalized spacial score (nSPS) is 21.0. The summed E-state index contributed by atoms with van der Waals surface area (Å²) in [5.74, 6) is 1.03. The van der Waals surface area contributed by atoms with Gasteiger partial charge in [-0.1, -0.05) is 52.1 Å². The van der Waals surface area contributed by atoms with Crippen molar-refractivity contribution in [3.05, 3.63) is 0 Å². The lowest BCUT2D eigenvalue weighted by molar-refractivity contribution is 0.271. The Bertz CT molecular complexity index is 225. The van der Waals surface area contributed by atoms with Crippen LogP contribution >= 0.6 is 0 Å². The second-order valence-corrected chi connectivity index (χ2v) is 5.70. The average Bonchev–Trinajstić information content (AvgIpc) is 2.19. The van der Waals surface area contributed by atoms with E-state index in [4.69, 9.17) is 0 Å². The van der Waals surface area contributed by atoms with Gasteiger partial charge in [-0.25, -0.2) is 0 Å². The van der Waals surface area contributed by atoms with E-state index < -0.39 is 0 Å². The first kappa shape index (κ1) is 12.5. The summed E-state index contributed by atoms with van der Waals surface area (Å²) in [4.78, 5) is 0. The Labute approximate surface area is 93.8 Å². The summed E-state index contributed by atoms with van der Waals surface area (Å²) in [7, 11) is 0. The van der Waals surface area contributed by atoms with Gasteiger partial charge in [0.1, 0.15) is 0 Å². The van der Waals surface area contributed by atoms with Crippen LogP contribution in [0.25, 0.3) is 0 Å². The van der Waals surface area contributed by atoms with Crippen LogP contribution in [-0.2, 0) is 0 Å². The molecule has 88 valence electrons. The summed E-state index contributed by atoms with van der Waals surface area (Å²) < 4.78 is 0. The molecule has 15 heavy (non-hydrogen) atoms. The molecule has 0 bridgehead atoms. The Morgan fingerprint density at radius 2 is 1.73 bits per heavy atom. The number of nitrogens with zero attached hydrogens (tertiary/aromatic N) is 1. The lowest BCUT2D eigenvalue weighted by Crippen LogP contribution is -2.36. The fraction of sp³-hybridized carbons (Fsp3) is 0.923. The van der Waals surface area contributed by atoms with Crippen molar-refractivity contribution in [2.45, 2.75) is 59.8 Å².